The van der Waals surface area contributed by atoms with Crippen LogP contribution < -0.4 is 14.8 Å². The van der Waals surface area contributed by atoms with Crippen molar-refractivity contribution in [2.45, 2.75) is 31.6 Å². The van der Waals surface area contributed by atoms with Crippen LogP contribution in [0.4, 0.5) is 0 Å². The van der Waals surface area contributed by atoms with E-state index in [9.17, 15) is 4.79 Å². The third-order valence-electron chi connectivity index (χ3n) is 3.98. The standard InChI is InChI=1S/C17H21N3O4/c1-12(21)19-17(15-9-10-18-20-15,16-4-3-11-23-16)24-14-7-5-13(22-2)6-8-14/h5-10,16H,3-4,11H2,1-2H3,(H,18,20)(H,19,21). The third kappa shape index (κ3) is 3.21. The summed E-state index contributed by atoms with van der Waals surface area (Å²) in [5.41, 5.74) is -0.520. The molecule has 2 heterocycles. The molecule has 1 amide bonds. The Morgan fingerprint density at radius 2 is 2.08 bits per heavy atom. The van der Waals surface area contributed by atoms with Crippen LogP contribution in [0.25, 0.3) is 0 Å². The zero-order valence-electron chi connectivity index (χ0n) is 13.7. The van der Waals surface area contributed by atoms with Crippen LogP contribution >= 0.6 is 0 Å². The van der Waals surface area contributed by atoms with Gasteiger partial charge in [-0.3, -0.25) is 9.89 Å². The summed E-state index contributed by atoms with van der Waals surface area (Å²) in [4.78, 5) is 11.9. The Labute approximate surface area is 140 Å². The monoisotopic (exact) mass is 331 g/mol. The molecule has 0 aliphatic carbocycles. The van der Waals surface area contributed by atoms with Crippen molar-refractivity contribution in [2.75, 3.05) is 13.7 Å². The van der Waals surface area contributed by atoms with Gasteiger partial charge in [-0.05, 0) is 43.2 Å². The summed E-state index contributed by atoms with van der Waals surface area (Å²) in [6, 6.07) is 8.97. The van der Waals surface area contributed by atoms with Gasteiger partial charge in [-0.15, -0.1) is 0 Å². The Balaban J connectivity index is 1.99. The predicted octanol–water partition coefficient (Wildman–Crippen LogP) is 1.97. The molecular weight excluding hydrogens is 310 g/mol. The number of carbonyl (C=O) groups is 1. The minimum Gasteiger partial charge on any atom is -0.497 e. The molecule has 7 nitrogen and oxygen atoms in total. The van der Waals surface area contributed by atoms with Gasteiger partial charge >= 0.3 is 0 Å². The van der Waals surface area contributed by atoms with Gasteiger partial charge in [0.2, 0.25) is 5.91 Å². The van der Waals surface area contributed by atoms with Gasteiger partial charge in [0.1, 0.15) is 23.3 Å². The summed E-state index contributed by atoms with van der Waals surface area (Å²) in [7, 11) is 1.61. The second-order valence-electron chi connectivity index (χ2n) is 5.67. The number of ether oxygens (including phenoxy) is 3. The third-order valence-corrected chi connectivity index (χ3v) is 3.98. The molecule has 3 rings (SSSR count). The van der Waals surface area contributed by atoms with E-state index in [1.165, 1.54) is 6.92 Å². The highest BCUT2D eigenvalue weighted by Crippen LogP contribution is 2.35. The summed E-state index contributed by atoms with van der Waals surface area (Å²) in [5.74, 6) is 1.11. The van der Waals surface area contributed by atoms with Gasteiger partial charge in [-0.2, -0.15) is 5.10 Å². The molecular formula is C17H21N3O4. The van der Waals surface area contributed by atoms with E-state index >= 15 is 0 Å². The fraction of sp³-hybridized carbons (Fsp3) is 0.412. The van der Waals surface area contributed by atoms with Gasteiger partial charge < -0.3 is 19.5 Å². The number of rotatable bonds is 6. The van der Waals surface area contributed by atoms with Crippen molar-refractivity contribution in [1.29, 1.82) is 0 Å². The molecule has 0 radical (unpaired) electrons. The maximum Gasteiger partial charge on any atom is 0.251 e. The number of carbonyl (C=O) groups excluding carboxylic acids is 1. The molecule has 2 unspecified atom stereocenters. The van der Waals surface area contributed by atoms with Gasteiger partial charge in [0.05, 0.1) is 7.11 Å². The molecule has 1 fully saturated rings. The highest BCUT2D eigenvalue weighted by molar-refractivity contribution is 5.74. The average molecular weight is 331 g/mol. The fourth-order valence-corrected chi connectivity index (χ4v) is 2.92. The topological polar surface area (TPSA) is 85.5 Å². The second kappa shape index (κ2) is 6.92. The summed E-state index contributed by atoms with van der Waals surface area (Å²) in [6.45, 7) is 2.09. The number of nitrogens with one attached hydrogen (secondary N) is 2. The molecule has 1 aliphatic rings. The van der Waals surface area contributed by atoms with Crippen molar-refractivity contribution in [2.24, 2.45) is 0 Å². The van der Waals surface area contributed by atoms with Crippen LogP contribution in [-0.2, 0) is 15.3 Å². The van der Waals surface area contributed by atoms with E-state index in [1.807, 2.05) is 0 Å². The molecule has 2 atom stereocenters. The molecule has 1 saturated heterocycles. The van der Waals surface area contributed by atoms with Crippen molar-refractivity contribution >= 4 is 5.91 Å². The van der Waals surface area contributed by atoms with Gasteiger partial charge in [-0.25, -0.2) is 0 Å². The number of methoxy groups -OCH3 is 1. The summed E-state index contributed by atoms with van der Waals surface area (Å²) >= 11 is 0. The lowest BCUT2D eigenvalue weighted by molar-refractivity contribution is -0.138. The van der Waals surface area contributed by atoms with Gasteiger partial charge in [0, 0.05) is 19.7 Å². The Bertz CT molecular complexity index is 666. The van der Waals surface area contributed by atoms with Crippen LogP contribution in [0.2, 0.25) is 0 Å². The molecule has 1 aromatic heterocycles. The van der Waals surface area contributed by atoms with E-state index < -0.39 is 5.72 Å². The number of nitrogens with zero attached hydrogens (tertiary/aromatic N) is 1. The second-order valence-corrected chi connectivity index (χ2v) is 5.67. The lowest BCUT2D eigenvalue weighted by Gasteiger charge is -2.38. The quantitative estimate of drug-likeness (QED) is 0.791. The van der Waals surface area contributed by atoms with Crippen LogP contribution in [0.5, 0.6) is 11.5 Å². The molecule has 128 valence electrons. The van der Waals surface area contributed by atoms with E-state index in [1.54, 1.807) is 43.6 Å². The largest absolute Gasteiger partial charge is 0.497 e. The smallest absolute Gasteiger partial charge is 0.251 e. The number of benzene rings is 1. The number of aromatic amines is 1. The number of aromatic nitrogens is 2. The first-order chi connectivity index (χ1) is 11.6. The van der Waals surface area contributed by atoms with Crippen molar-refractivity contribution in [3.8, 4) is 11.5 Å². The van der Waals surface area contributed by atoms with Crippen LogP contribution in [0.15, 0.2) is 36.5 Å². The molecule has 24 heavy (non-hydrogen) atoms. The van der Waals surface area contributed by atoms with Gasteiger partial charge in [0.15, 0.2) is 0 Å². The molecule has 0 bridgehead atoms. The minimum absolute atomic E-state index is 0.214. The summed E-state index contributed by atoms with van der Waals surface area (Å²) in [6.07, 6.45) is 2.99. The maximum absolute atomic E-state index is 11.9. The van der Waals surface area contributed by atoms with Crippen molar-refractivity contribution < 1.29 is 19.0 Å². The lowest BCUT2D eigenvalue weighted by atomic mass is 9.99. The highest BCUT2D eigenvalue weighted by Gasteiger charge is 2.47. The van der Waals surface area contributed by atoms with E-state index in [0.717, 1.165) is 18.6 Å². The van der Waals surface area contributed by atoms with Crippen LogP contribution in [0.1, 0.15) is 25.5 Å². The Morgan fingerprint density at radius 3 is 2.62 bits per heavy atom. The first-order valence-electron chi connectivity index (χ1n) is 7.87. The Morgan fingerprint density at radius 1 is 1.33 bits per heavy atom. The van der Waals surface area contributed by atoms with Gasteiger partial charge in [0.25, 0.3) is 5.72 Å². The summed E-state index contributed by atoms with van der Waals surface area (Å²) in [5, 5.41) is 9.84. The van der Waals surface area contributed by atoms with Crippen LogP contribution in [-0.4, -0.2) is 35.9 Å². The Kier molecular flexibility index (Phi) is 4.71. The zero-order valence-corrected chi connectivity index (χ0v) is 13.7. The number of H-pyrrole nitrogens is 1. The van der Waals surface area contributed by atoms with Gasteiger partial charge in [-0.1, -0.05) is 0 Å². The molecule has 7 heteroatoms. The van der Waals surface area contributed by atoms with E-state index in [4.69, 9.17) is 14.2 Å². The van der Waals surface area contributed by atoms with E-state index in [0.29, 0.717) is 18.1 Å². The first-order valence-corrected chi connectivity index (χ1v) is 7.87. The lowest BCUT2D eigenvalue weighted by Crippen LogP contribution is -2.57. The molecule has 2 aromatic rings. The average Bonchev–Trinajstić information content (AvgIpc) is 3.28. The van der Waals surface area contributed by atoms with E-state index in [-0.39, 0.29) is 12.0 Å². The zero-order chi connectivity index (χ0) is 17.0. The van der Waals surface area contributed by atoms with E-state index in [2.05, 4.69) is 15.5 Å². The molecule has 1 aromatic carbocycles. The Hall–Kier alpha value is -2.54. The van der Waals surface area contributed by atoms with Crippen molar-refractivity contribution in [3.05, 3.63) is 42.2 Å². The number of hydrogen-bond acceptors (Lipinski definition) is 5. The fourth-order valence-electron chi connectivity index (χ4n) is 2.92. The van der Waals surface area contributed by atoms with Crippen molar-refractivity contribution in [3.63, 3.8) is 0 Å². The molecule has 0 spiro atoms. The number of amides is 1. The normalized spacial score (nSPS) is 19.5. The minimum atomic E-state index is -1.16. The predicted molar refractivity (Wildman–Crippen MR) is 86.7 cm³/mol. The maximum atomic E-state index is 11.9. The molecule has 0 saturated carbocycles. The highest BCUT2D eigenvalue weighted by atomic mass is 16.6. The van der Waals surface area contributed by atoms with Crippen molar-refractivity contribution in [1.82, 2.24) is 15.5 Å². The molecule has 2 N–H and O–H groups in total. The van der Waals surface area contributed by atoms with Crippen LogP contribution in [0, 0.1) is 0 Å². The summed E-state index contributed by atoms with van der Waals surface area (Å²) < 4.78 is 17.3. The first kappa shape index (κ1) is 16.3. The molecule has 1 aliphatic heterocycles. The number of hydrogen-bond donors (Lipinski definition) is 2. The van der Waals surface area contributed by atoms with Crippen LogP contribution in [0.3, 0.4) is 0 Å². The SMILES string of the molecule is COc1ccc(OC(NC(C)=O)(c2ccn[nH]2)C2CCCO2)cc1.